The Kier molecular flexibility index (Phi) is 4.54. The molecule has 0 fully saturated rings. The van der Waals surface area contributed by atoms with Crippen LogP contribution in [0.15, 0.2) is 47.8 Å². The molecular weight excluding hydrogens is 398 g/mol. The van der Waals surface area contributed by atoms with Crippen molar-refractivity contribution in [2.45, 2.75) is 12.5 Å². The molecule has 0 spiro atoms. The second-order valence-electron chi connectivity index (χ2n) is 4.85. The highest BCUT2D eigenvalue weighted by Gasteiger charge is 2.16. The molecule has 1 heterocycles. The van der Waals surface area contributed by atoms with Crippen molar-refractivity contribution in [3.63, 3.8) is 0 Å². The molecule has 0 amide bonds. The van der Waals surface area contributed by atoms with Crippen molar-refractivity contribution < 1.29 is 4.39 Å². The van der Waals surface area contributed by atoms with E-state index in [9.17, 15) is 4.39 Å². The van der Waals surface area contributed by atoms with Gasteiger partial charge in [-0.3, -0.25) is 11.3 Å². The lowest BCUT2D eigenvalue weighted by atomic mass is 9.99. The minimum atomic E-state index is -0.222. The van der Waals surface area contributed by atoms with E-state index in [1.54, 1.807) is 17.4 Å². The fourth-order valence-corrected chi connectivity index (χ4v) is 4.28. The van der Waals surface area contributed by atoms with E-state index in [1.807, 2.05) is 12.1 Å². The van der Waals surface area contributed by atoms with E-state index in [1.165, 1.54) is 27.8 Å². The molecule has 1 aromatic heterocycles. The second kappa shape index (κ2) is 6.39. The molecule has 0 aliphatic heterocycles. The minimum absolute atomic E-state index is 0.0319. The highest BCUT2D eigenvalue weighted by atomic mass is 127. The van der Waals surface area contributed by atoms with Gasteiger partial charge in [0.05, 0.1) is 6.04 Å². The number of fused-ring (bicyclic) bond motifs is 1. The van der Waals surface area contributed by atoms with Crippen LogP contribution in [0.5, 0.6) is 0 Å². The number of hydrogen-bond acceptors (Lipinski definition) is 3. The molecule has 0 radical (unpaired) electrons. The van der Waals surface area contributed by atoms with Gasteiger partial charge in [-0.2, -0.15) is 0 Å². The molecule has 0 aliphatic rings. The molecule has 3 rings (SSSR count). The summed E-state index contributed by atoms with van der Waals surface area (Å²) in [7, 11) is 0. The first-order chi connectivity index (χ1) is 10.2. The molecule has 1 atom stereocenters. The van der Waals surface area contributed by atoms with Gasteiger partial charge in [-0.05, 0) is 69.1 Å². The summed E-state index contributed by atoms with van der Waals surface area (Å²) in [6.07, 6.45) is 0.780. The highest BCUT2D eigenvalue weighted by Crippen LogP contribution is 2.30. The van der Waals surface area contributed by atoms with Crippen molar-refractivity contribution in [1.82, 2.24) is 5.43 Å². The molecule has 5 heteroatoms. The number of rotatable bonds is 4. The van der Waals surface area contributed by atoms with Crippen LogP contribution in [0.2, 0.25) is 0 Å². The lowest BCUT2D eigenvalue weighted by molar-refractivity contribution is 0.548. The summed E-state index contributed by atoms with van der Waals surface area (Å²) in [5.74, 6) is 5.51. The van der Waals surface area contributed by atoms with Gasteiger partial charge in [0.15, 0.2) is 0 Å². The van der Waals surface area contributed by atoms with E-state index < -0.39 is 0 Å². The first kappa shape index (κ1) is 14.9. The molecule has 3 N–H and O–H groups in total. The number of nitrogens with two attached hydrogens (primary N) is 1. The maximum absolute atomic E-state index is 13.2. The van der Waals surface area contributed by atoms with Crippen LogP contribution in [0.4, 0.5) is 4.39 Å². The Labute approximate surface area is 140 Å². The van der Waals surface area contributed by atoms with Crippen molar-refractivity contribution in [1.29, 1.82) is 0 Å². The van der Waals surface area contributed by atoms with Crippen molar-refractivity contribution in [2.24, 2.45) is 5.84 Å². The smallest absolute Gasteiger partial charge is 0.124 e. The number of hydrazine groups is 1. The number of halogens is 2. The predicted molar refractivity (Wildman–Crippen MR) is 94.7 cm³/mol. The Hall–Kier alpha value is -1.02. The van der Waals surface area contributed by atoms with Gasteiger partial charge in [0, 0.05) is 8.27 Å². The first-order valence-corrected chi connectivity index (χ1v) is 8.51. The molecule has 3 aromatic rings. The fourth-order valence-electron chi connectivity index (χ4n) is 2.45. The Morgan fingerprint density at radius 1 is 1.24 bits per heavy atom. The lowest BCUT2D eigenvalue weighted by Crippen LogP contribution is -2.30. The molecule has 2 nitrogen and oxygen atoms in total. The van der Waals surface area contributed by atoms with Gasteiger partial charge >= 0.3 is 0 Å². The van der Waals surface area contributed by atoms with Gasteiger partial charge in [0.1, 0.15) is 5.82 Å². The van der Waals surface area contributed by atoms with E-state index in [0.29, 0.717) is 0 Å². The third-order valence-corrected chi connectivity index (χ3v) is 5.47. The van der Waals surface area contributed by atoms with Gasteiger partial charge in [0.25, 0.3) is 0 Å². The number of nitrogens with one attached hydrogen (secondary N) is 1. The van der Waals surface area contributed by atoms with E-state index in [-0.39, 0.29) is 11.9 Å². The largest absolute Gasteiger partial charge is 0.271 e. The second-order valence-corrected chi connectivity index (χ2v) is 6.92. The Balaban J connectivity index is 1.94. The Morgan fingerprint density at radius 3 is 2.81 bits per heavy atom. The molecule has 108 valence electrons. The van der Waals surface area contributed by atoms with Crippen LogP contribution in [-0.4, -0.2) is 0 Å². The zero-order valence-electron chi connectivity index (χ0n) is 11.1. The van der Waals surface area contributed by atoms with E-state index in [2.05, 4.69) is 45.5 Å². The monoisotopic (exact) mass is 412 g/mol. The average molecular weight is 412 g/mol. The summed E-state index contributed by atoms with van der Waals surface area (Å²) in [4.78, 5) is 0. The number of hydrogen-bond donors (Lipinski definition) is 2. The van der Waals surface area contributed by atoms with Gasteiger partial charge in [-0.1, -0.05) is 24.3 Å². The molecule has 0 saturated heterocycles. The minimum Gasteiger partial charge on any atom is -0.271 e. The standard InChI is InChI=1S/C16H14FIN2S/c17-11-5-6-13(14(18)8-11)15(20-19)7-10-9-21-16-4-2-1-3-12(10)16/h1-6,8-9,15,20H,7,19H2. The van der Waals surface area contributed by atoms with Crippen LogP contribution in [0, 0.1) is 9.39 Å². The predicted octanol–water partition coefficient (Wildman–Crippen LogP) is 4.39. The van der Waals surface area contributed by atoms with Crippen LogP contribution in [0.25, 0.3) is 10.1 Å². The van der Waals surface area contributed by atoms with Crippen molar-refractivity contribution in [3.8, 4) is 0 Å². The van der Waals surface area contributed by atoms with Crippen LogP contribution < -0.4 is 11.3 Å². The summed E-state index contributed by atoms with van der Waals surface area (Å²) in [6.45, 7) is 0. The zero-order valence-corrected chi connectivity index (χ0v) is 14.1. The van der Waals surface area contributed by atoms with Gasteiger partial charge < -0.3 is 0 Å². The third kappa shape index (κ3) is 3.11. The lowest BCUT2D eigenvalue weighted by Gasteiger charge is -2.17. The normalized spacial score (nSPS) is 12.7. The average Bonchev–Trinajstić information content (AvgIpc) is 2.89. The van der Waals surface area contributed by atoms with E-state index >= 15 is 0 Å². The zero-order chi connectivity index (χ0) is 14.8. The summed E-state index contributed by atoms with van der Waals surface area (Å²) in [6, 6.07) is 13.1. The maximum atomic E-state index is 13.2. The molecule has 0 bridgehead atoms. The van der Waals surface area contributed by atoms with Crippen molar-refractivity contribution >= 4 is 44.0 Å². The molecule has 0 aliphatic carbocycles. The third-order valence-electron chi connectivity index (χ3n) is 3.52. The van der Waals surface area contributed by atoms with E-state index in [0.717, 1.165) is 15.6 Å². The van der Waals surface area contributed by atoms with Crippen molar-refractivity contribution in [3.05, 3.63) is 68.4 Å². The maximum Gasteiger partial charge on any atom is 0.124 e. The summed E-state index contributed by atoms with van der Waals surface area (Å²) in [5, 5.41) is 3.44. The van der Waals surface area contributed by atoms with Crippen molar-refractivity contribution in [2.75, 3.05) is 0 Å². The van der Waals surface area contributed by atoms with Gasteiger partial charge in [-0.15, -0.1) is 11.3 Å². The Bertz CT molecular complexity index is 772. The van der Waals surface area contributed by atoms with Crippen LogP contribution in [0.3, 0.4) is 0 Å². The quantitative estimate of drug-likeness (QED) is 0.379. The SMILES string of the molecule is NNC(Cc1csc2ccccc12)c1ccc(F)cc1I. The Morgan fingerprint density at radius 2 is 2.05 bits per heavy atom. The fraction of sp³-hybridized carbons (Fsp3) is 0.125. The van der Waals surface area contributed by atoms with Crippen LogP contribution >= 0.6 is 33.9 Å². The topological polar surface area (TPSA) is 38.0 Å². The molecule has 2 aromatic carbocycles. The van der Waals surface area contributed by atoms with Crippen LogP contribution in [-0.2, 0) is 6.42 Å². The van der Waals surface area contributed by atoms with Gasteiger partial charge in [-0.25, -0.2) is 4.39 Å². The molecule has 1 unspecified atom stereocenters. The molecular formula is C16H14FIN2S. The molecule has 0 saturated carbocycles. The summed E-state index contributed by atoms with van der Waals surface area (Å²) < 4.78 is 15.4. The first-order valence-electron chi connectivity index (χ1n) is 6.55. The van der Waals surface area contributed by atoms with E-state index in [4.69, 9.17) is 5.84 Å². The van der Waals surface area contributed by atoms with Crippen LogP contribution in [0.1, 0.15) is 17.2 Å². The summed E-state index contributed by atoms with van der Waals surface area (Å²) in [5.41, 5.74) is 5.14. The number of benzene rings is 2. The molecule has 21 heavy (non-hydrogen) atoms. The summed E-state index contributed by atoms with van der Waals surface area (Å²) >= 11 is 3.89. The highest BCUT2D eigenvalue weighted by molar-refractivity contribution is 14.1. The van der Waals surface area contributed by atoms with Gasteiger partial charge in [0.2, 0.25) is 0 Å². The number of thiophene rings is 1.